The Hall–Kier alpha value is -1.46. The molecule has 1 aliphatic rings. The highest BCUT2D eigenvalue weighted by molar-refractivity contribution is 5.57. The molecule has 19 heavy (non-hydrogen) atoms. The molecular formula is C14H22N2O3. The second-order valence-electron chi connectivity index (χ2n) is 5.08. The molecule has 0 bridgehead atoms. The van der Waals surface area contributed by atoms with Gasteiger partial charge >= 0.3 is 0 Å². The molecule has 0 aromatic heterocycles. The Morgan fingerprint density at radius 2 is 2.05 bits per heavy atom. The zero-order valence-corrected chi connectivity index (χ0v) is 11.6. The van der Waals surface area contributed by atoms with E-state index >= 15 is 0 Å². The maximum absolute atomic E-state index is 9.40. The lowest BCUT2D eigenvalue weighted by Crippen LogP contribution is -2.56. The van der Waals surface area contributed by atoms with Crippen LogP contribution in [0.15, 0.2) is 18.2 Å². The molecule has 106 valence electrons. The molecule has 1 unspecified atom stereocenters. The largest absolute Gasteiger partial charge is 0.493 e. The maximum atomic E-state index is 9.40. The third kappa shape index (κ3) is 2.93. The van der Waals surface area contributed by atoms with E-state index in [4.69, 9.17) is 15.2 Å². The van der Waals surface area contributed by atoms with Crippen molar-refractivity contribution >= 4 is 5.69 Å². The SMILES string of the molecule is COc1ccc(N2CCCC(N)(CO)C2)cc1OC. The molecular weight excluding hydrogens is 244 g/mol. The van der Waals surface area contributed by atoms with Crippen molar-refractivity contribution in [1.29, 1.82) is 0 Å². The molecule has 5 nitrogen and oxygen atoms in total. The molecule has 3 N–H and O–H groups in total. The molecule has 0 amide bonds. The van der Waals surface area contributed by atoms with Crippen molar-refractivity contribution in [1.82, 2.24) is 0 Å². The van der Waals surface area contributed by atoms with Crippen molar-refractivity contribution in [2.45, 2.75) is 18.4 Å². The van der Waals surface area contributed by atoms with Gasteiger partial charge in [-0.05, 0) is 25.0 Å². The van der Waals surface area contributed by atoms with Gasteiger partial charge in [0.25, 0.3) is 0 Å². The second-order valence-corrected chi connectivity index (χ2v) is 5.08. The predicted octanol–water partition coefficient (Wildman–Crippen LogP) is 0.994. The van der Waals surface area contributed by atoms with Crippen LogP contribution in [-0.4, -0.2) is 44.6 Å². The van der Waals surface area contributed by atoms with E-state index < -0.39 is 5.54 Å². The Morgan fingerprint density at radius 1 is 1.32 bits per heavy atom. The predicted molar refractivity (Wildman–Crippen MR) is 75.0 cm³/mol. The highest BCUT2D eigenvalue weighted by Crippen LogP contribution is 2.33. The van der Waals surface area contributed by atoms with Gasteiger partial charge < -0.3 is 25.2 Å². The van der Waals surface area contributed by atoms with Crippen LogP contribution < -0.4 is 20.1 Å². The summed E-state index contributed by atoms with van der Waals surface area (Å²) >= 11 is 0. The molecule has 1 heterocycles. The first-order valence-electron chi connectivity index (χ1n) is 6.48. The van der Waals surface area contributed by atoms with Crippen molar-refractivity contribution in [2.24, 2.45) is 5.73 Å². The minimum absolute atomic E-state index is 0.0107. The number of piperidine rings is 1. The van der Waals surface area contributed by atoms with Crippen LogP contribution in [0.25, 0.3) is 0 Å². The molecule has 0 radical (unpaired) electrons. The van der Waals surface area contributed by atoms with Crippen molar-refractivity contribution in [3.63, 3.8) is 0 Å². The van der Waals surface area contributed by atoms with Gasteiger partial charge in [0.15, 0.2) is 11.5 Å². The number of aliphatic hydroxyl groups is 1. The zero-order chi connectivity index (χ0) is 13.9. The Balaban J connectivity index is 2.22. The fraction of sp³-hybridized carbons (Fsp3) is 0.571. The van der Waals surface area contributed by atoms with Gasteiger partial charge in [0.05, 0.1) is 26.4 Å². The van der Waals surface area contributed by atoms with Crippen LogP contribution in [0.2, 0.25) is 0 Å². The summed E-state index contributed by atoms with van der Waals surface area (Å²) in [5.41, 5.74) is 6.70. The van der Waals surface area contributed by atoms with Crippen LogP contribution in [-0.2, 0) is 0 Å². The Bertz CT molecular complexity index is 439. The third-order valence-corrected chi connectivity index (χ3v) is 3.66. The number of benzene rings is 1. The molecule has 1 atom stereocenters. The Morgan fingerprint density at radius 3 is 2.68 bits per heavy atom. The van der Waals surface area contributed by atoms with E-state index in [9.17, 15) is 5.11 Å². The fourth-order valence-corrected chi connectivity index (χ4v) is 2.53. The number of hydrogen-bond donors (Lipinski definition) is 2. The number of rotatable bonds is 4. The topological polar surface area (TPSA) is 68.0 Å². The monoisotopic (exact) mass is 266 g/mol. The first-order chi connectivity index (χ1) is 9.11. The number of nitrogens with two attached hydrogens (primary N) is 1. The van der Waals surface area contributed by atoms with Gasteiger partial charge in [-0.3, -0.25) is 0 Å². The maximum Gasteiger partial charge on any atom is 0.162 e. The lowest BCUT2D eigenvalue weighted by atomic mass is 9.91. The summed E-state index contributed by atoms with van der Waals surface area (Å²) < 4.78 is 10.5. The summed E-state index contributed by atoms with van der Waals surface area (Å²) in [5.74, 6) is 1.42. The van der Waals surface area contributed by atoms with Crippen molar-refractivity contribution in [3.8, 4) is 11.5 Å². The molecule has 1 saturated heterocycles. The standard InChI is InChI=1S/C14H22N2O3/c1-18-12-5-4-11(8-13(12)19-2)16-7-3-6-14(15,9-16)10-17/h4-5,8,17H,3,6-7,9-10,15H2,1-2H3. The molecule has 1 aromatic carbocycles. The van der Waals surface area contributed by atoms with Crippen molar-refractivity contribution in [3.05, 3.63) is 18.2 Å². The van der Waals surface area contributed by atoms with E-state index in [0.29, 0.717) is 18.0 Å². The lowest BCUT2D eigenvalue weighted by Gasteiger charge is -2.40. The van der Waals surface area contributed by atoms with Gasteiger partial charge in [-0.15, -0.1) is 0 Å². The lowest BCUT2D eigenvalue weighted by molar-refractivity contribution is 0.177. The molecule has 1 aromatic rings. The van der Waals surface area contributed by atoms with Gasteiger partial charge in [0.1, 0.15) is 0 Å². The van der Waals surface area contributed by atoms with Crippen LogP contribution in [0.3, 0.4) is 0 Å². The van der Waals surface area contributed by atoms with Crippen LogP contribution in [0.1, 0.15) is 12.8 Å². The molecule has 1 aliphatic heterocycles. The van der Waals surface area contributed by atoms with Crippen molar-refractivity contribution in [2.75, 3.05) is 38.8 Å². The molecule has 5 heteroatoms. The van der Waals surface area contributed by atoms with Gasteiger partial charge in [-0.25, -0.2) is 0 Å². The fourth-order valence-electron chi connectivity index (χ4n) is 2.53. The third-order valence-electron chi connectivity index (χ3n) is 3.66. The molecule has 0 spiro atoms. The molecule has 1 fully saturated rings. The van der Waals surface area contributed by atoms with E-state index in [1.54, 1.807) is 14.2 Å². The Labute approximate surface area is 113 Å². The first-order valence-corrected chi connectivity index (χ1v) is 6.48. The van der Waals surface area contributed by atoms with Crippen molar-refractivity contribution < 1.29 is 14.6 Å². The summed E-state index contributed by atoms with van der Waals surface area (Å²) in [6.07, 6.45) is 1.83. The second kappa shape index (κ2) is 5.67. The van der Waals surface area contributed by atoms with E-state index in [0.717, 1.165) is 25.1 Å². The summed E-state index contributed by atoms with van der Waals surface area (Å²) in [6.45, 7) is 1.60. The van der Waals surface area contributed by atoms with Crippen LogP contribution in [0, 0.1) is 0 Å². The van der Waals surface area contributed by atoms with Gasteiger partial charge in [-0.2, -0.15) is 0 Å². The van der Waals surface area contributed by atoms with Gasteiger partial charge in [0, 0.05) is 24.8 Å². The highest BCUT2D eigenvalue weighted by Gasteiger charge is 2.31. The van der Waals surface area contributed by atoms with Crippen LogP contribution in [0.5, 0.6) is 11.5 Å². The van der Waals surface area contributed by atoms with Gasteiger partial charge in [-0.1, -0.05) is 0 Å². The van der Waals surface area contributed by atoms with E-state index in [-0.39, 0.29) is 6.61 Å². The number of aliphatic hydroxyl groups excluding tert-OH is 1. The average molecular weight is 266 g/mol. The quantitative estimate of drug-likeness (QED) is 0.851. The van der Waals surface area contributed by atoms with E-state index in [1.165, 1.54) is 0 Å². The number of hydrogen-bond acceptors (Lipinski definition) is 5. The zero-order valence-electron chi connectivity index (χ0n) is 11.6. The van der Waals surface area contributed by atoms with E-state index in [1.807, 2.05) is 18.2 Å². The first kappa shape index (κ1) is 14.0. The minimum Gasteiger partial charge on any atom is -0.493 e. The molecule has 0 aliphatic carbocycles. The summed E-state index contributed by atoms with van der Waals surface area (Å²) in [6, 6.07) is 5.83. The Kier molecular flexibility index (Phi) is 4.17. The number of anilines is 1. The molecule has 2 rings (SSSR count). The van der Waals surface area contributed by atoms with Gasteiger partial charge in [0.2, 0.25) is 0 Å². The smallest absolute Gasteiger partial charge is 0.162 e. The normalized spacial score (nSPS) is 23.3. The number of nitrogens with zero attached hydrogens (tertiary/aromatic N) is 1. The van der Waals surface area contributed by atoms with Crippen LogP contribution in [0.4, 0.5) is 5.69 Å². The number of methoxy groups -OCH3 is 2. The summed E-state index contributed by atoms with van der Waals surface area (Å²) in [7, 11) is 3.24. The molecule has 0 saturated carbocycles. The summed E-state index contributed by atoms with van der Waals surface area (Å²) in [5, 5.41) is 9.40. The highest BCUT2D eigenvalue weighted by atomic mass is 16.5. The average Bonchev–Trinajstić information content (AvgIpc) is 2.46. The minimum atomic E-state index is -0.509. The van der Waals surface area contributed by atoms with Crippen LogP contribution >= 0.6 is 0 Å². The van der Waals surface area contributed by atoms with E-state index in [2.05, 4.69) is 4.90 Å². The number of ether oxygens (including phenoxy) is 2. The summed E-state index contributed by atoms with van der Waals surface area (Å²) in [4.78, 5) is 2.18.